The Kier molecular flexibility index (Phi) is 6.02. The Morgan fingerprint density at radius 1 is 1.04 bits per heavy atom. The molecule has 3 rings (SSSR count). The lowest BCUT2D eigenvalue weighted by Gasteiger charge is -2.30. The second-order valence-corrected chi connectivity index (χ2v) is 9.42. The standard InChI is InChI=1S/C18H18BrClN2O3S/c19-14-1-5-16(6-2-14)21-18(23)13-9-11-22(12-10-13)26(24,25)17-7-3-15(20)4-8-17/h1-8,13H,9-12H2,(H,21,23). The van der Waals surface area contributed by atoms with Crippen LogP contribution >= 0.6 is 27.5 Å². The quantitative estimate of drug-likeness (QED) is 0.750. The number of nitrogens with one attached hydrogen (secondary N) is 1. The zero-order valence-corrected chi connectivity index (χ0v) is 17.0. The zero-order chi connectivity index (χ0) is 18.7. The fourth-order valence-corrected chi connectivity index (χ4v) is 4.75. The Bertz CT molecular complexity index is 878. The summed E-state index contributed by atoms with van der Waals surface area (Å²) in [7, 11) is -3.55. The lowest BCUT2D eigenvalue weighted by molar-refractivity contribution is -0.120. The van der Waals surface area contributed by atoms with Crippen LogP contribution in [0, 0.1) is 5.92 Å². The first-order valence-electron chi connectivity index (χ1n) is 8.18. The summed E-state index contributed by atoms with van der Waals surface area (Å²) in [5.41, 5.74) is 0.731. The van der Waals surface area contributed by atoms with Gasteiger partial charge < -0.3 is 5.32 Å². The summed E-state index contributed by atoms with van der Waals surface area (Å²) in [6.07, 6.45) is 0.990. The van der Waals surface area contributed by atoms with Crippen LogP contribution in [0.5, 0.6) is 0 Å². The summed E-state index contributed by atoms with van der Waals surface area (Å²) >= 11 is 9.18. The van der Waals surface area contributed by atoms with E-state index >= 15 is 0 Å². The Morgan fingerprint density at radius 2 is 1.62 bits per heavy atom. The maximum Gasteiger partial charge on any atom is 0.243 e. The maximum atomic E-state index is 12.7. The van der Waals surface area contributed by atoms with E-state index in [2.05, 4.69) is 21.2 Å². The molecule has 0 bridgehead atoms. The van der Waals surface area contributed by atoms with Gasteiger partial charge in [-0.3, -0.25) is 4.79 Å². The molecule has 26 heavy (non-hydrogen) atoms. The Hall–Kier alpha value is -1.41. The smallest absolute Gasteiger partial charge is 0.243 e. The highest BCUT2D eigenvalue weighted by Gasteiger charge is 2.32. The van der Waals surface area contributed by atoms with Crippen LogP contribution in [0.1, 0.15) is 12.8 Å². The van der Waals surface area contributed by atoms with Crippen LogP contribution in [0.4, 0.5) is 5.69 Å². The number of carbonyl (C=O) groups is 1. The van der Waals surface area contributed by atoms with Crippen molar-refractivity contribution in [2.45, 2.75) is 17.7 Å². The van der Waals surface area contributed by atoms with Gasteiger partial charge in [-0.1, -0.05) is 27.5 Å². The third kappa shape index (κ3) is 4.46. The van der Waals surface area contributed by atoms with Crippen LogP contribution < -0.4 is 5.32 Å². The third-order valence-corrected chi connectivity index (χ3v) is 7.08. The minimum absolute atomic E-state index is 0.0733. The molecular formula is C18H18BrClN2O3S. The van der Waals surface area contributed by atoms with Gasteiger partial charge in [0.05, 0.1) is 4.90 Å². The van der Waals surface area contributed by atoms with Crippen molar-refractivity contribution in [2.24, 2.45) is 5.92 Å². The summed E-state index contributed by atoms with van der Waals surface area (Å²) in [4.78, 5) is 12.6. The van der Waals surface area contributed by atoms with Gasteiger partial charge in [-0.2, -0.15) is 4.31 Å². The van der Waals surface area contributed by atoms with E-state index in [1.165, 1.54) is 16.4 Å². The van der Waals surface area contributed by atoms with E-state index in [0.717, 1.165) is 10.2 Å². The van der Waals surface area contributed by atoms with Gasteiger partial charge in [0, 0.05) is 34.2 Å². The van der Waals surface area contributed by atoms with Crippen LogP contribution in [-0.2, 0) is 14.8 Å². The molecule has 0 atom stereocenters. The van der Waals surface area contributed by atoms with Gasteiger partial charge in [-0.25, -0.2) is 8.42 Å². The van der Waals surface area contributed by atoms with E-state index < -0.39 is 10.0 Å². The molecule has 8 heteroatoms. The van der Waals surface area contributed by atoms with Gasteiger partial charge in [0.1, 0.15) is 0 Å². The Balaban J connectivity index is 1.60. The highest BCUT2D eigenvalue weighted by molar-refractivity contribution is 9.10. The van der Waals surface area contributed by atoms with Crippen molar-refractivity contribution >= 4 is 49.1 Å². The van der Waals surface area contributed by atoms with Crippen molar-refractivity contribution < 1.29 is 13.2 Å². The number of sulfonamides is 1. The lowest BCUT2D eigenvalue weighted by Crippen LogP contribution is -2.41. The van der Waals surface area contributed by atoms with Crippen molar-refractivity contribution in [3.05, 3.63) is 58.0 Å². The first kappa shape index (κ1) is 19.4. The lowest BCUT2D eigenvalue weighted by atomic mass is 9.97. The van der Waals surface area contributed by atoms with Gasteiger partial charge in [-0.05, 0) is 61.4 Å². The topological polar surface area (TPSA) is 66.5 Å². The predicted molar refractivity (Wildman–Crippen MR) is 106 cm³/mol. The molecular weight excluding hydrogens is 440 g/mol. The molecule has 2 aromatic carbocycles. The average Bonchev–Trinajstić information content (AvgIpc) is 2.64. The number of halogens is 2. The van der Waals surface area contributed by atoms with E-state index in [1.807, 2.05) is 24.3 Å². The summed E-state index contributed by atoms with van der Waals surface area (Å²) < 4.78 is 27.7. The molecule has 1 fully saturated rings. The SMILES string of the molecule is O=C(Nc1ccc(Br)cc1)C1CCN(S(=O)(=O)c2ccc(Cl)cc2)CC1. The highest BCUT2D eigenvalue weighted by Crippen LogP contribution is 2.26. The average molecular weight is 458 g/mol. The van der Waals surface area contributed by atoms with Gasteiger partial charge in [0.25, 0.3) is 0 Å². The fraction of sp³-hybridized carbons (Fsp3) is 0.278. The van der Waals surface area contributed by atoms with E-state index in [0.29, 0.717) is 31.0 Å². The van der Waals surface area contributed by atoms with Gasteiger partial charge in [0.2, 0.25) is 15.9 Å². The van der Waals surface area contributed by atoms with Crippen LogP contribution in [0.2, 0.25) is 5.02 Å². The largest absolute Gasteiger partial charge is 0.326 e. The first-order valence-corrected chi connectivity index (χ1v) is 10.8. The molecule has 1 N–H and O–H groups in total. The predicted octanol–water partition coefficient (Wildman–Crippen LogP) is 4.14. The number of rotatable bonds is 4. The summed E-state index contributed by atoms with van der Waals surface area (Å²) in [5.74, 6) is -0.272. The molecule has 0 spiro atoms. The minimum Gasteiger partial charge on any atom is -0.326 e. The fourth-order valence-electron chi connectivity index (χ4n) is 2.89. The molecule has 1 heterocycles. The van der Waals surface area contributed by atoms with Crippen LogP contribution in [-0.4, -0.2) is 31.7 Å². The molecule has 1 aliphatic heterocycles. The summed E-state index contributed by atoms with van der Waals surface area (Å²) in [5, 5.41) is 3.38. The van der Waals surface area contributed by atoms with E-state index in [-0.39, 0.29) is 16.7 Å². The van der Waals surface area contributed by atoms with Crippen LogP contribution in [0.25, 0.3) is 0 Å². The number of hydrogen-bond donors (Lipinski definition) is 1. The molecule has 0 radical (unpaired) electrons. The van der Waals surface area contributed by atoms with Gasteiger partial charge in [0.15, 0.2) is 0 Å². The second-order valence-electron chi connectivity index (χ2n) is 6.13. The van der Waals surface area contributed by atoms with Gasteiger partial charge >= 0.3 is 0 Å². The monoisotopic (exact) mass is 456 g/mol. The number of nitrogens with zero attached hydrogens (tertiary/aromatic N) is 1. The molecule has 0 unspecified atom stereocenters. The molecule has 0 aromatic heterocycles. The zero-order valence-electron chi connectivity index (χ0n) is 13.9. The van der Waals surface area contributed by atoms with Crippen molar-refractivity contribution in [2.75, 3.05) is 18.4 Å². The Labute approximate surface area is 166 Å². The number of anilines is 1. The molecule has 0 aliphatic carbocycles. The van der Waals surface area contributed by atoms with Crippen molar-refractivity contribution in [3.63, 3.8) is 0 Å². The molecule has 0 saturated carbocycles. The second kappa shape index (κ2) is 8.08. The van der Waals surface area contributed by atoms with Crippen molar-refractivity contribution in [1.29, 1.82) is 0 Å². The molecule has 1 saturated heterocycles. The maximum absolute atomic E-state index is 12.7. The third-order valence-electron chi connectivity index (χ3n) is 4.39. The highest BCUT2D eigenvalue weighted by atomic mass is 79.9. The van der Waals surface area contributed by atoms with Crippen LogP contribution in [0.3, 0.4) is 0 Å². The van der Waals surface area contributed by atoms with E-state index in [4.69, 9.17) is 11.6 Å². The number of piperidine rings is 1. The van der Waals surface area contributed by atoms with Gasteiger partial charge in [-0.15, -0.1) is 0 Å². The first-order chi connectivity index (χ1) is 12.4. The molecule has 2 aromatic rings. The number of hydrogen-bond acceptors (Lipinski definition) is 3. The van der Waals surface area contributed by atoms with Crippen molar-refractivity contribution in [1.82, 2.24) is 4.31 Å². The number of carbonyl (C=O) groups excluding carboxylic acids is 1. The summed E-state index contributed by atoms with van der Waals surface area (Å²) in [6.45, 7) is 0.646. The molecule has 1 amide bonds. The molecule has 1 aliphatic rings. The molecule has 5 nitrogen and oxygen atoms in total. The minimum atomic E-state index is -3.55. The van der Waals surface area contributed by atoms with Crippen LogP contribution in [0.15, 0.2) is 57.9 Å². The van der Waals surface area contributed by atoms with E-state index in [9.17, 15) is 13.2 Å². The van der Waals surface area contributed by atoms with E-state index in [1.54, 1.807) is 12.1 Å². The van der Waals surface area contributed by atoms with Crippen molar-refractivity contribution in [3.8, 4) is 0 Å². The normalized spacial score (nSPS) is 16.4. The Morgan fingerprint density at radius 3 is 2.19 bits per heavy atom. The number of benzene rings is 2. The number of amides is 1. The summed E-state index contributed by atoms with van der Waals surface area (Å²) in [6, 6.07) is 13.5. The molecule has 138 valence electrons.